The first kappa shape index (κ1) is 20.2. The van der Waals surface area contributed by atoms with Crippen LogP contribution in [0.1, 0.15) is 42.7 Å². The number of anilines is 1. The van der Waals surface area contributed by atoms with Crippen molar-refractivity contribution in [2.24, 2.45) is 0 Å². The number of aromatic amines is 1. The molecule has 0 aliphatic carbocycles. The predicted octanol–water partition coefficient (Wildman–Crippen LogP) is 3.93. The van der Waals surface area contributed by atoms with E-state index < -0.39 is 0 Å². The molecule has 8 heteroatoms. The third kappa shape index (κ3) is 3.41. The fourth-order valence-corrected chi connectivity index (χ4v) is 4.28. The van der Waals surface area contributed by atoms with Gasteiger partial charge >= 0.3 is 5.69 Å². The minimum atomic E-state index is -0.153. The predicted molar refractivity (Wildman–Crippen MR) is 122 cm³/mol. The van der Waals surface area contributed by atoms with E-state index in [-0.39, 0.29) is 17.5 Å². The summed E-state index contributed by atoms with van der Waals surface area (Å²) in [5, 5.41) is 4.14. The lowest BCUT2D eigenvalue weighted by Crippen LogP contribution is -2.24. The maximum absolute atomic E-state index is 12.7. The van der Waals surface area contributed by atoms with Gasteiger partial charge in [0.05, 0.1) is 17.0 Å². The lowest BCUT2D eigenvalue weighted by atomic mass is 10.1. The zero-order valence-corrected chi connectivity index (χ0v) is 18.4. The van der Waals surface area contributed by atoms with Crippen LogP contribution in [0.25, 0.3) is 22.4 Å². The second-order valence-corrected chi connectivity index (χ2v) is 8.44. The summed E-state index contributed by atoms with van der Waals surface area (Å²) in [7, 11) is 0. The van der Waals surface area contributed by atoms with Gasteiger partial charge in [-0.05, 0) is 61.7 Å². The van der Waals surface area contributed by atoms with Gasteiger partial charge in [-0.15, -0.1) is 0 Å². The molecule has 4 aromatic rings. The van der Waals surface area contributed by atoms with Crippen molar-refractivity contribution in [3.8, 4) is 11.4 Å². The largest absolute Gasteiger partial charge is 0.339 e. The van der Waals surface area contributed by atoms with E-state index in [0.717, 1.165) is 34.3 Å². The van der Waals surface area contributed by atoms with Gasteiger partial charge in [0.1, 0.15) is 0 Å². The lowest BCUT2D eigenvalue weighted by Gasteiger charge is -2.17. The van der Waals surface area contributed by atoms with Gasteiger partial charge in [0.15, 0.2) is 0 Å². The van der Waals surface area contributed by atoms with Crippen molar-refractivity contribution in [3.63, 3.8) is 0 Å². The highest BCUT2D eigenvalue weighted by molar-refractivity contribution is 5.96. The molecule has 3 heterocycles. The first-order valence-electron chi connectivity index (χ1n) is 10.9. The number of aryl methyl sites for hydroxylation is 3. The summed E-state index contributed by atoms with van der Waals surface area (Å²) in [6.45, 7) is 7.31. The van der Waals surface area contributed by atoms with Gasteiger partial charge in [-0.1, -0.05) is 18.1 Å². The van der Waals surface area contributed by atoms with Gasteiger partial charge in [0, 0.05) is 30.8 Å². The van der Waals surface area contributed by atoms with E-state index in [1.54, 1.807) is 9.47 Å². The Morgan fingerprint density at radius 2 is 1.97 bits per heavy atom. The number of benzene rings is 2. The van der Waals surface area contributed by atoms with Crippen LogP contribution < -0.4 is 10.6 Å². The van der Waals surface area contributed by atoms with Crippen LogP contribution in [0.4, 0.5) is 5.69 Å². The minimum absolute atomic E-state index is 0.0502. The number of carbonyl (C=O) groups excluding carboxylic acids is 1. The molecule has 8 nitrogen and oxygen atoms in total. The Bertz CT molecular complexity index is 1380. The molecule has 32 heavy (non-hydrogen) atoms. The van der Waals surface area contributed by atoms with Crippen molar-refractivity contribution in [1.29, 1.82) is 0 Å². The van der Waals surface area contributed by atoms with Gasteiger partial charge in [-0.2, -0.15) is 4.98 Å². The summed E-state index contributed by atoms with van der Waals surface area (Å²) in [4.78, 5) is 34.1. The van der Waals surface area contributed by atoms with Crippen LogP contribution in [0.2, 0.25) is 0 Å². The lowest BCUT2D eigenvalue weighted by molar-refractivity contribution is -0.117. The Labute approximate surface area is 184 Å². The molecule has 0 spiro atoms. The van der Waals surface area contributed by atoms with E-state index >= 15 is 0 Å². The first-order valence-corrected chi connectivity index (χ1v) is 10.9. The monoisotopic (exact) mass is 431 g/mol. The Balaban J connectivity index is 1.39. The van der Waals surface area contributed by atoms with E-state index in [1.807, 2.05) is 50.2 Å². The molecule has 164 valence electrons. The first-order chi connectivity index (χ1) is 15.4. The molecular weight excluding hydrogens is 406 g/mol. The number of carbonyl (C=O) groups is 1. The Morgan fingerprint density at radius 1 is 1.12 bits per heavy atom. The van der Waals surface area contributed by atoms with E-state index in [1.165, 1.54) is 5.56 Å². The van der Waals surface area contributed by atoms with Crippen LogP contribution in [-0.2, 0) is 11.3 Å². The molecule has 5 rings (SSSR count). The third-order valence-electron chi connectivity index (χ3n) is 6.20. The van der Waals surface area contributed by atoms with Crippen LogP contribution in [0.3, 0.4) is 0 Å². The molecule has 0 bridgehead atoms. The SMILES string of the molecule is CCCn1c(=O)[nH]c2cc(-c3noc([C@@H]4CC(=O)N(c5ccc(C)c(C)c5)C4)n3)ccc21. The van der Waals surface area contributed by atoms with E-state index in [2.05, 4.69) is 22.0 Å². The summed E-state index contributed by atoms with van der Waals surface area (Å²) in [5.41, 5.74) is 5.48. The number of amides is 1. The van der Waals surface area contributed by atoms with Crippen LogP contribution in [-0.4, -0.2) is 32.1 Å². The molecule has 1 N–H and O–H groups in total. The van der Waals surface area contributed by atoms with Crippen molar-refractivity contribution < 1.29 is 9.32 Å². The van der Waals surface area contributed by atoms with Crippen molar-refractivity contribution in [2.45, 2.75) is 46.1 Å². The molecular formula is C24H25N5O3. The highest BCUT2D eigenvalue weighted by Gasteiger charge is 2.35. The second-order valence-electron chi connectivity index (χ2n) is 8.44. The summed E-state index contributed by atoms with van der Waals surface area (Å²) in [6, 6.07) is 11.7. The number of rotatable bonds is 5. The smallest absolute Gasteiger partial charge is 0.326 e. The summed E-state index contributed by atoms with van der Waals surface area (Å²) in [6.07, 6.45) is 1.21. The number of hydrogen-bond donors (Lipinski definition) is 1. The molecule has 0 saturated carbocycles. The van der Waals surface area contributed by atoms with Gasteiger partial charge in [0.25, 0.3) is 0 Å². The number of aromatic nitrogens is 4. The van der Waals surface area contributed by atoms with E-state index in [4.69, 9.17) is 4.52 Å². The third-order valence-corrected chi connectivity index (χ3v) is 6.20. The number of H-pyrrole nitrogens is 1. The number of hydrogen-bond acceptors (Lipinski definition) is 5. The fraction of sp³-hybridized carbons (Fsp3) is 0.333. The van der Waals surface area contributed by atoms with Crippen LogP contribution in [0.5, 0.6) is 0 Å². The molecule has 1 aliphatic rings. The van der Waals surface area contributed by atoms with Crippen molar-refractivity contribution >= 4 is 22.6 Å². The Morgan fingerprint density at radius 3 is 2.75 bits per heavy atom. The molecule has 1 fully saturated rings. The maximum Gasteiger partial charge on any atom is 0.326 e. The number of fused-ring (bicyclic) bond motifs is 1. The van der Waals surface area contributed by atoms with Gasteiger partial charge < -0.3 is 14.4 Å². The average molecular weight is 431 g/mol. The topological polar surface area (TPSA) is 97.0 Å². The molecule has 1 saturated heterocycles. The normalized spacial score (nSPS) is 16.4. The average Bonchev–Trinajstić information content (AvgIpc) is 3.48. The van der Waals surface area contributed by atoms with E-state index in [9.17, 15) is 9.59 Å². The Kier molecular flexibility index (Phi) is 4.92. The highest BCUT2D eigenvalue weighted by Crippen LogP contribution is 2.33. The number of nitrogens with one attached hydrogen (secondary N) is 1. The van der Waals surface area contributed by atoms with Gasteiger partial charge in [-0.3, -0.25) is 9.36 Å². The molecule has 1 amide bonds. The highest BCUT2D eigenvalue weighted by atomic mass is 16.5. The molecule has 0 radical (unpaired) electrons. The second kappa shape index (κ2) is 7.78. The molecule has 2 aromatic carbocycles. The molecule has 1 aliphatic heterocycles. The standard InChI is InChI=1S/C24H25N5O3/c1-4-9-28-20-8-6-16(11-19(20)25-24(28)31)22-26-23(32-27-22)17-12-21(30)29(13-17)18-7-5-14(2)15(3)10-18/h5-8,10-11,17H,4,9,12-13H2,1-3H3,(H,25,31)/t17-/m1/s1. The fourth-order valence-electron chi connectivity index (χ4n) is 4.28. The van der Waals surface area contributed by atoms with Crippen LogP contribution >= 0.6 is 0 Å². The zero-order valence-electron chi connectivity index (χ0n) is 18.4. The van der Waals surface area contributed by atoms with Gasteiger partial charge in [0.2, 0.25) is 17.6 Å². The molecule has 0 unspecified atom stereocenters. The van der Waals surface area contributed by atoms with Crippen molar-refractivity contribution in [1.82, 2.24) is 19.7 Å². The summed E-state index contributed by atoms with van der Waals surface area (Å²) < 4.78 is 7.27. The summed E-state index contributed by atoms with van der Waals surface area (Å²) >= 11 is 0. The minimum Gasteiger partial charge on any atom is -0.339 e. The quantitative estimate of drug-likeness (QED) is 0.516. The number of imidazole rings is 1. The summed E-state index contributed by atoms with van der Waals surface area (Å²) in [5.74, 6) is 0.800. The molecule has 2 aromatic heterocycles. The molecule has 1 atom stereocenters. The zero-order chi connectivity index (χ0) is 22.4. The Hall–Kier alpha value is -3.68. The van der Waals surface area contributed by atoms with Gasteiger partial charge in [-0.25, -0.2) is 4.79 Å². The maximum atomic E-state index is 12.7. The number of nitrogens with zero attached hydrogens (tertiary/aromatic N) is 4. The van der Waals surface area contributed by atoms with Crippen molar-refractivity contribution in [3.05, 3.63) is 63.9 Å². The van der Waals surface area contributed by atoms with Crippen LogP contribution in [0.15, 0.2) is 45.7 Å². The van der Waals surface area contributed by atoms with Crippen LogP contribution in [0, 0.1) is 13.8 Å². The van der Waals surface area contributed by atoms with Crippen molar-refractivity contribution in [2.75, 3.05) is 11.4 Å². The van der Waals surface area contributed by atoms with E-state index in [0.29, 0.717) is 31.2 Å².